The molecule has 5 nitrogen and oxygen atoms in total. The zero-order chi connectivity index (χ0) is 16.1. The second-order valence-electron chi connectivity index (χ2n) is 6.12. The number of unbranched alkanes of at least 4 members (excludes halogenated alkanes) is 3. The van der Waals surface area contributed by atoms with Crippen LogP contribution in [-0.2, 0) is 19.4 Å². The number of aryl methyl sites for hydroxylation is 1. The van der Waals surface area contributed by atoms with Crippen molar-refractivity contribution in [1.29, 1.82) is 5.26 Å². The molecule has 0 bridgehead atoms. The van der Waals surface area contributed by atoms with Crippen LogP contribution in [0.4, 0.5) is 0 Å². The lowest BCUT2D eigenvalue weighted by molar-refractivity contribution is 0.202. The normalized spacial score (nSPS) is 15.9. The first-order valence-electron chi connectivity index (χ1n) is 8.37. The summed E-state index contributed by atoms with van der Waals surface area (Å²) in [5.41, 5.74) is 2.85. The van der Waals surface area contributed by atoms with Gasteiger partial charge in [-0.2, -0.15) is 5.26 Å². The van der Waals surface area contributed by atoms with Crippen molar-refractivity contribution in [1.82, 2.24) is 15.0 Å². The summed E-state index contributed by atoms with van der Waals surface area (Å²) < 4.78 is 7.81. The fourth-order valence-electron chi connectivity index (χ4n) is 2.98. The van der Waals surface area contributed by atoms with Gasteiger partial charge >= 0.3 is 0 Å². The van der Waals surface area contributed by atoms with E-state index in [0.717, 1.165) is 29.8 Å². The van der Waals surface area contributed by atoms with Crippen molar-refractivity contribution >= 4 is 0 Å². The van der Waals surface area contributed by atoms with Crippen LogP contribution in [0.25, 0.3) is 0 Å². The van der Waals surface area contributed by atoms with Gasteiger partial charge in [-0.25, -0.2) is 4.68 Å². The Hall–Kier alpha value is -2.35. The Morgan fingerprint density at radius 2 is 2.26 bits per heavy atom. The standard InChI is InChI=1S/C18H22N4O/c1-2-3-4-5-6-16-12-22(21-20-16)13-17-10-15-9-14(11-19)7-8-18(15)23-17/h7-9,12,17H,2-6,10,13H2,1H3. The molecule has 5 heteroatoms. The van der Waals surface area contributed by atoms with Crippen LogP contribution in [0.1, 0.15) is 49.4 Å². The SMILES string of the molecule is CCCCCCc1cn(CC2Cc3cc(C#N)ccc3O2)nn1. The average molecular weight is 310 g/mol. The van der Waals surface area contributed by atoms with Gasteiger partial charge in [0.1, 0.15) is 11.9 Å². The van der Waals surface area contributed by atoms with Crippen molar-refractivity contribution in [3.63, 3.8) is 0 Å². The Morgan fingerprint density at radius 1 is 1.35 bits per heavy atom. The van der Waals surface area contributed by atoms with Crippen molar-refractivity contribution in [2.45, 2.75) is 58.1 Å². The summed E-state index contributed by atoms with van der Waals surface area (Å²) in [5, 5.41) is 17.4. The molecule has 3 rings (SSSR count). The van der Waals surface area contributed by atoms with Gasteiger partial charge in [0.2, 0.25) is 0 Å². The molecule has 0 fully saturated rings. The van der Waals surface area contributed by atoms with Gasteiger partial charge in [0.05, 0.1) is 23.9 Å². The van der Waals surface area contributed by atoms with E-state index >= 15 is 0 Å². The molecule has 0 saturated heterocycles. The number of nitriles is 1. The fourth-order valence-corrected chi connectivity index (χ4v) is 2.98. The molecule has 2 aromatic rings. The highest BCUT2D eigenvalue weighted by Gasteiger charge is 2.24. The molecule has 0 saturated carbocycles. The molecular formula is C18H22N4O. The average Bonchev–Trinajstić information content (AvgIpc) is 3.17. The number of hydrogen-bond acceptors (Lipinski definition) is 4. The topological polar surface area (TPSA) is 63.7 Å². The van der Waals surface area contributed by atoms with Gasteiger partial charge in [0.15, 0.2) is 0 Å². The van der Waals surface area contributed by atoms with Crippen LogP contribution in [0, 0.1) is 11.3 Å². The highest BCUT2D eigenvalue weighted by atomic mass is 16.5. The molecule has 120 valence electrons. The third-order valence-electron chi connectivity index (χ3n) is 4.19. The molecule has 0 aliphatic carbocycles. The van der Waals surface area contributed by atoms with Gasteiger partial charge in [-0.15, -0.1) is 5.10 Å². The zero-order valence-electron chi connectivity index (χ0n) is 13.5. The lowest BCUT2D eigenvalue weighted by Gasteiger charge is -2.09. The third kappa shape index (κ3) is 3.89. The van der Waals surface area contributed by atoms with Gasteiger partial charge < -0.3 is 4.74 Å². The number of ether oxygens (including phenoxy) is 1. The molecule has 1 unspecified atom stereocenters. The maximum atomic E-state index is 8.96. The van der Waals surface area contributed by atoms with E-state index in [1.54, 1.807) is 6.07 Å². The van der Waals surface area contributed by atoms with Crippen LogP contribution >= 0.6 is 0 Å². The lowest BCUT2D eigenvalue weighted by Crippen LogP contribution is -2.21. The number of rotatable bonds is 7. The summed E-state index contributed by atoms with van der Waals surface area (Å²) >= 11 is 0. The minimum atomic E-state index is 0.0635. The zero-order valence-corrected chi connectivity index (χ0v) is 13.5. The molecule has 1 aromatic heterocycles. The molecule has 23 heavy (non-hydrogen) atoms. The predicted molar refractivity (Wildman–Crippen MR) is 87.1 cm³/mol. The number of nitrogens with zero attached hydrogens (tertiary/aromatic N) is 4. The molecule has 0 amide bonds. The quantitative estimate of drug-likeness (QED) is 0.736. The van der Waals surface area contributed by atoms with Crippen LogP contribution < -0.4 is 4.74 Å². The first kappa shape index (κ1) is 15.5. The summed E-state index contributed by atoms with van der Waals surface area (Å²) in [7, 11) is 0. The van der Waals surface area contributed by atoms with Gasteiger partial charge in [0, 0.05) is 12.6 Å². The summed E-state index contributed by atoms with van der Waals surface area (Å²) in [4.78, 5) is 0. The van der Waals surface area contributed by atoms with Crippen LogP contribution in [-0.4, -0.2) is 21.1 Å². The van der Waals surface area contributed by atoms with E-state index in [1.807, 2.05) is 23.0 Å². The van der Waals surface area contributed by atoms with E-state index < -0.39 is 0 Å². The van der Waals surface area contributed by atoms with Gasteiger partial charge in [0.25, 0.3) is 0 Å². The molecule has 0 radical (unpaired) electrons. The van der Waals surface area contributed by atoms with E-state index in [9.17, 15) is 0 Å². The second kappa shape index (κ2) is 7.28. The lowest BCUT2D eigenvalue weighted by atomic mass is 10.1. The maximum Gasteiger partial charge on any atom is 0.123 e. The Labute approximate surface area is 136 Å². The molecule has 0 N–H and O–H groups in total. The van der Waals surface area contributed by atoms with Gasteiger partial charge in [-0.1, -0.05) is 31.4 Å². The third-order valence-corrected chi connectivity index (χ3v) is 4.19. The number of fused-ring (bicyclic) bond motifs is 1. The number of hydrogen-bond donors (Lipinski definition) is 0. The Bertz CT molecular complexity index is 701. The van der Waals surface area contributed by atoms with E-state index in [1.165, 1.54) is 25.7 Å². The number of benzene rings is 1. The van der Waals surface area contributed by atoms with E-state index in [4.69, 9.17) is 10.00 Å². The van der Waals surface area contributed by atoms with Crippen molar-refractivity contribution in [2.75, 3.05) is 0 Å². The summed E-state index contributed by atoms with van der Waals surface area (Å²) in [6, 6.07) is 7.76. The van der Waals surface area contributed by atoms with Gasteiger partial charge in [-0.05, 0) is 36.6 Å². The van der Waals surface area contributed by atoms with Crippen molar-refractivity contribution in [3.05, 3.63) is 41.2 Å². The van der Waals surface area contributed by atoms with Crippen LogP contribution in [0.15, 0.2) is 24.4 Å². The maximum absolute atomic E-state index is 8.96. The Kier molecular flexibility index (Phi) is 4.92. The second-order valence-corrected chi connectivity index (χ2v) is 6.12. The van der Waals surface area contributed by atoms with Crippen molar-refractivity contribution in [3.8, 4) is 11.8 Å². The summed E-state index contributed by atoms with van der Waals surface area (Å²) in [6.07, 6.45) is 8.87. The monoisotopic (exact) mass is 310 g/mol. The molecule has 0 spiro atoms. The van der Waals surface area contributed by atoms with Crippen molar-refractivity contribution < 1.29 is 4.74 Å². The van der Waals surface area contributed by atoms with E-state index in [-0.39, 0.29) is 6.10 Å². The van der Waals surface area contributed by atoms with E-state index in [2.05, 4.69) is 23.3 Å². The molecule has 1 aliphatic heterocycles. The first-order valence-corrected chi connectivity index (χ1v) is 8.37. The molecular weight excluding hydrogens is 288 g/mol. The largest absolute Gasteiger partial charge is 0.488 e. The Morgan fingerprint density at radius 3 is 3.09 bits per heavy atom. The van der Waals surface area contributed by atoms with Crippen LogP contribution in [0.3, 0.4) is 0 Å². The molecule has 1 atom stereocenters. The molecule has 1 aliphatic rings. The molecule has 2 heterocycles. The van der Waals surface area contributed by atoms with E-state index in [0.29, 0.717) is 12.1 Å². The Balaban J connectivity index is 1.53. The summed E-state index contributed by atoms with van der Waals surface area (Å²) in [5.74, 6) is 0.883. The highest BCUT2D eigenvalue weighted by molar-refractivity contribution is 5.44. The summed E-state index contributed by atoms with van der Waals surface area (Å²) in [6.45, 7) is 2.91. The first-order chi connectivity index (χ1) is 11.3. The molecule has 1 aromatic carbocycles. The number of aromatic nitrogens is 3. The predicted octanol–water partition coefficient (Wildman–Crippen LogP) is 3.28. The van der Waals surface area contributed by atoms with Crippen LogP contribution in [0.5, 0.6) is 5.75 Å². The fraction of sp³-hybridized carbons (Fsp3) is 0.500. The highest BCUT2D eigenvalue weighted by Crippen LogP contribution is 2.30. The smallest absolute Gasteiger partial charge is 0.123 e. The minimum Gasteiger partial charge on any atom is -0.488 e. The van der Waals surface area contributed by atoms with Crippen molar-refractivity contribution in [2.24, 2.45) is 0 Å². The van der Waals surface area contributed by atoms with Gasteiger partial charge in [-0.3, -0.25) is 0 Å². The minimum absolute atomic E-state index is 0.0635. The van der Waals surface area contributed by atoms with Crippen LogP contribution in [0.2, 0.25) is 0 Å².